The third-order valence-electron chi connectivity index (χ3n) is 4.62. The number of nitrogens with one attached hydrogen (secondary N) is 1. The number of benzene rings is 3. The summed E-state index contributed by atoms with van der Waals surface area (Å²) in [6, 6.07) is 23.8. The fraction of sp³-hybridized carbons (Fsp3) is 0.0833. The van der Waals surface area contributed by atoms with Gasteiger partial charge in [-0.3, -0.25) is 9.36 Å². The minimum Gasteiger partial charge on any atom is -0.508 e. The first-order valence-corrected chi connectivity index (χ1v) is 11.0. The molecule has 3 aromatic carbocycles. The molecule has 33 heavy (non-hydrogen) atoms. The van der Waals surface area contributed by atoms with Crippen LogP contribution >= 0.6 is 11.8 Å². The zero-order valence-corrected chi connectivity index (χ0v) is 18.6. The molecule has 0 saturated carbocycles. The molecular formula is C24H21N5O3S. The Balaban J connectivity index is 1.50. The summed E-state index contributed by atoms with van der Waals surface area (Å²) in [6.45, 7) is 0. The molecule has 0 atom stereocenters. The first-order chi connectivity index (χ1) is 16.1. The third kappa shape index (κ3) is 5.58. The number of amides is 1. The first-order valence-electron chi connectivity index (χ1n) is 10.0. The van der Waals surface area contributed by atoms with Gasteiger partial charge in [0, 0.05) is 11.3 Å². The van der Waals surface area contributed by atoms with Crippen molar-refractivity contribution in [3.8, 4) is 28.6 Å². The third-order valence-corrected chi connectivity index (χ3v) is 5.55. The van der Waals surface area contributed by atoms with Crippen LogP contribution in [0.5, 0.6) is 11.5 Å². The molecule has 0 aliphatic carbocycles. The Morgan fingerprint density at radius 3 is 2.48 bits per heavy atom. The van der Waals surface area contributed by atoms with Crippen molar-refractivity contribution in [3.63, 3.8) is 0 Å². The van der Waals surface area contributed by atoms with Gasteiger partial charge in [0.25, 0.3) is 5.91 Å². The highest BCUT2D eigenvalue weighted by molar-refractivity contribution is 7.99. The van der Waals surface area contributed by atoms with Crippen molar-refractivity contribution in [1.82, 2.24) is 20.2 Å². The molecule has 1 aromatic heterocycles. The summed E-state index contributed by atoms with van der Waals surface area (Å²) in [4.78, 5) is 12.3. The van der Waals surface area contributed by atoms with Crippen LogP contribution in [-0.2, 0) is 4.79 Å². The zero-order valence-electron chi connectivity index (χ0n) is 17.8. The maximum atomic E-state index is 12.3. The van der Waals surface area contributed by atoms with Crippen LogP contribution in [0, 0.1) is 0 Å². The average Bonchev–Trinajstić information content (AvgIpc) is 3.28. The molecule has 4 rings (SSSR count). The SMILES string of the molecule is COc1ccc(-n2c(SCC(=O)N/N=C/c3ccc(O)cc3)nnc2-c2ccccc2)cc1. The van der Waals surface area contributed by atoms with Crippen LogP contribution in [0.2, 0.25) is 0 Å². The van der Waals surface area contributed by atoms with Gasteiger partial charge in [0.2, 0.25) is 0 Å². The number of phenolic OH excluding ortho intramolecular Hbond substituents is 1. The van der Waals surface area contributed by atoms with Crippen molar-refractivity contribution in [3.05, 3.63) is 84.4 Å². The van der Waals surface area contributed by atoms with E-state index in [0.717, 1.165) is 22.6 Å². The predicted octanol–water partition coefficient (Wildman–Crippen LogP) is 3.89. The highest BCUT2D eigenvalue weighted by Crippen LogP contribution is 2.28. The van der Waals surface area contributed by atoms with Crippen LogP contribution in [0.3, 0.4) is 0 Å². The number of rotatable bonds is 8. The van der Waals surface area contributed by atoms with Gasteiger partial charge in [-0.05, 0) is 54.1 Å². The van der Waals surface area contributed by atoms with Gasteiger partial charge in [-0.15, -0.1) is 10.2 Å². The van der Waals surface area contributed by atoms with Crippen LogP contribution in [0.15, 0.2) is 89.1 Å². The van der Waals surface area contributed by atoms with Gasteiger partial charge < -0.3 is 9.84 Å². The molecule has 166 valence electrons. The molecule has 0 spiro atoms. The van der Waals surface area contributed by atoms with Crippen LogP contribution in [0.25, 0.3) is 17.1 Å². The van der Waals surface area contributed by atoms with Crippen LogP contribution in [0.4, 0.5) is 0 Å². The molecule has 2 N–H and O–H groups in total. The number of ether oxygens (including phenoxy) is 1. The molecule has 0 fully saturated rings. The lowest BCUT2D eigenvalue weighted by atomic mass is 10.2. The van der Waals surface area contributed by atoms with Crippen molar-refractivity contribution in [1.29, 1.82) is 0 Å². The number of carbonyl (C=O) groups is 1. The number of hydrogen-bond acceptors (Lipinski definition) is 7. The minimum atomic E-state index is -0.277. The lowest BCUT2D eigenvalue weighted by molar-refractivity contribution is -0.118. The summed E-state index contributed by atoms with van der Waals surface area (Å²) in [7, 11) is 1.62. The Bertz CT molecular complexity index is 1240. The van der Waals surface area contributed by atoms with Crippen molar-refractivity contribution in [2.75, 3.05) is 12.9 Å². The number of aromatic nitrogens is 3. The second kappa shape index (κ2) is 10.5. The number of hydrazone groups is 1. The van der Waals surface area contributed by atoms with E-state index < -0.39 is 0 Å². The average molecular weight is 460 g/mol. The fourth-order valence-electron chi connectivity index (χ4n) is 3.00. The largest absolute Gasteiger partial charge is 0.508 e. The van der Waals surface area contributed by atoms with Gasteiger partial charge in [0.05, 0.1) is 19.1 Å². The van der Waals surface area contributed by atoms with E-state index in [9.17, 15) is 9.90 Å². The number of thioether (sulfide) groups is 1. The number of methoxy groups -OCH3 is 1. The zero-order chi connectivity index (χ0) is 23.0. The normalized spacial score (nSPS) is 10.9. The number of nitrogens with zero attached hydrogens (tertiary/aromatic N) is 4. The van der Waals surface area contributed by atoms with Crippen molar-refractivity contribution < 1.29 is 14.6 Å². The van der Waals surface area contributed by atoms with Gasteiger partial charge in [-0.25, -0.2) is 5.43 Å². The van der Waals surface area contributed by atoms with Gasteiger partial charge in [0.15, 0.2) is 11.0 Å². The lowest BCUT2D eigenvalue weighted by Gasteiger charge is -2.11. The molecule has 0 radical (unpaired) electrons. The smallest absolute Gasteiger partial charge is 0.250 e. The van der Waals surface area contributed by atoms with Gasteiger partial charge in [0.1, 0.15) is 11.5 Å². The Hall–Kier alpha value is -4.11. The highest BCUT2D eigenvalue weighted by atomic mass is 32.2. The Morgan fingerprint density at radius 2 is 1.79 bits per heavy atom. The molecule has 0 aliphatic rings. The summed E-state index contributed by atoms with van der Waals surface area (Å²) < 4.78 is 7.17. The molecule has 0 unspecified atom stereocenters. The number of aromatic hydroxyl groups is 1. The van der Waals surface area contributed by atoms with Crippen molar-refractivity contribution >= 4 is 23.9 Å². The van der Waals surface area contributed by atoms with E-state index in [1.54, 1.807) is 31.4 Å². The fourth-order valence-corrected chi connectivity index (χ4v) is 3.75. The summed E-state index contributed by atoms with van der Waals surface area (Å²) in [5.41, 5.74) is 5.03. The van der Waals surface area contributed by atoms with E-state index in [-0.39, 0.29) is 17.4 Å². The lowest BCUT2D eigenvalue weighted by Crippen LogP contribution is -2.20. The molecule has 4 aromatic rings. The van der Waals surface area contributed by atoms with E-state index in [4.69, 9.17) is 4.74 Å². The van der Waals surface area contributed by atoms with E-state index in [0.29, 0.717) is 11.0 Å². The summed E-state index contributed by atoms with van der Waals surface area (Å²) in [6.07, 6.45) is 1.51. The van der Waals surface area contributed by atoms with Gasteiger partial charge in [-0.2, -0.15) is 5.10 Å². The van der Waals surface area contributed by atoms with Gasteiger partial charge in [-0.1, -0.05) is 42.1 Å². The second-order valence-electron chi connectivity index (χ2n) is 6.88. The van der Waals surface area contributed by atoms with E-state index >= 15 is 0 Å². The Morgan fingerprint density at radius 1 is 1.06 bits per heavy atom. The van der Waals surface area contributed by atoms with E-state index in [1.807, 2.05) is 59.2 Å². The van der Waals surface area contributed by atoms with Gasteiger partial charge >= 0.3 is 0 Å². The van der Waals surface area contributed by atoms with Crippen LogP contribution in [0.1, 0.15) is 5.56 Å². The standard InChI is InChI=1S/C24H21N5O3S/c1-32-21-13-9-19(10-14-21)29-23(18-5-3-2-4-6-18)27-28-24(29)33-16-22(31)26-25-15-17-7-11-20(30)12-8-17/h2-15,30H,16H2,1H3,(H,26,31)/b25-15+. The van der Waals surface area contributed by atoms with Crippen molar-refractivity contribution in [2.45, 2.75) is 5.16 Å². The number of carbonyl (C=O) groups excluding carboxylic acids is 1. The Labute approximate surface area is 194 Å². The summed E-state index contributed by atoms with van der Waals surface area (Å²) >= 11 is 1.26. The monoisotopic (exact) mass is 459 g/mol. The molecule has 0 saturated heterocycles. The molecule has 9 heteroatoms. The highest BCUT2D eigenvalue weighted by Gasteiger charge is 2.17. The maximum absolute atomic E-state index is 12.3. The molecule has 0 aliphatic heterocycles. The molecule has 0 bridgehead atoms. The molecule has 1 heterocycles. The number of phenols is 1. The molecular weight excluding hydrogens is 438 g/mol. The van der Waals surface area contributed by atoms with E-state index in [2.05, 4.69) is 20.7 Å². The number of hydrogen-bond donors (Lipinski definition) is 2. The molecule has 8 nitrogen and oxygen atoms in total. The first kappa shape index (κ1) is 22.1. The minimum absolute atomic E-state index is 0.107. The van der Waals surface area contributed by atoms with E-state index in [1.165, 1.54) is 18.0 Å². The van der Waals surface area contributed by atoms with Crippen LogP contribution in [-0.4, -0.2) is 44.9 Å². The van der Waals surface area contributed by atoms with Crippen LogP contribution < -0.4 is 10.2 Å². The predicted molar refractivity (Wildman–Crippen MR) is 128 cm³/mol. The topological polar surface area (TPSA) is 102 Å². The summed E-state index contributed by atoms with van der Waals surface area (Å²) in [5.74, 6) is 1.42. The second-order valence-corrected chi connectivity index (χ2v) is 7.82. The quantitative estimate of drug-likeness (QED) is 0.235. The van der Waals surface area contributed by atoms with Crippen molar-refractivity contribution in [2.24, 2.45) is 5.10 Å². The molecule has 1 amide bonds. The Kier molecular flexibility index (Phi) is 7.01. The summed E-state index contributed by atoms with van der Waals surface area (Å²) in [5, 5.41) is 22.6. The maximum Gasteiger partial charge on any atom is 0.250 e.